The highest BCUT2D eigenvalue weighted by Gasteiger charge is 2.36. The second-order valence-corrected chi connectivity index (χ2v) is 10.9. The molecule has 1 N–H and O–H groups in total. The van der Waals surface area contributed by atoms with Crippen LogP contribution in [-0.4, -0.2) is 21.4 Å². The third kappa shape index (κ3) is 4.21. The van der Waals surface area contributed by atoms with E-state index in [0.717, 1.165) is 47.0 Å². The van der Waals surface area contributed by atoms with E-state index in [4.69, 9.17) is 11.6 Å². The van der Waals surface area contributed by atoms with Crippen molar-refractivity contribution in [1.29, 1.82) is 0 Å². The number of aromatic nitrogens is 1. The molecule has 0 unspecified atom stereocenters. The summed E-state index contributed by atoms with van der Waals surface area (Å²) in [6.07, 6.45) is 5.63. The monoisotopic (exact) mass is 463 g/mol. The van der Waals surface area contributed by atoms with Gasteiger partial charge in [-0.3, -0.25) is 9.59 Å². The van der Waals surface area contributed by atoms with Crippen LogP contribution in [0.4, 0.5) is 0 Å². The van der Waals surface area contributed by atoms with Crippen molar-refractivity contribution in [2.75, 3.05) is 0 Å². The molecule has 172 valence electrons. The normalized spacial score (nSPS) is 16.7. The Hall–Kier alpha value is -2.59. The highest BCUT2D eigenvalue weighted by atomic mass is 35.5. The van der Waals surface area contributed by atoms with Crippen molar-refractivity contribution in [2.45, 2.75) is 64.8 Å². The van der Waals surface area contributed by atoms with E-state index in [-0.39, 0.29) is 11.7 Å². The number of nitrogens with zero attached hydrogens (tertiary/aromatic N) is 1. The van der Waals surface area contributed by atoms with Crippen molar-refractivity contribution in [3.8, 4) is 0 Å². The maximum absolute atomic E-state index is 13.7. The van der Waals surface area contributed by atoms with Gasteiger partial charge in [0.15, 0.2) is 5.78 Å². The van der Waals surface area contributed by atoms with Crippen LogP contribution in [-0.2, 0) is 17.8 Å². The zero-order chi connectivity index (χ0) is 23.3. The Bertz CT molecular complexity index is 1230. The number of aliphatic carboxylic acids is 1. The van der Waals surface area contributed by atoms with E-state index in [1.165, 1.54) is 18.4 Å². The van der Waals surface area contributed by atoms with Gasteiger partial charge < -0.3 is 9.67 Å². The average molecular weight is 464 g/mol. The predicted molar refractivity (Wildman–Crippen MR) is 131 cm³/mol. The first-order valence-corrected chi connectivity index (χ1v) is 12.3. The summed E-state index contributed by atoms with van der Waals surface area (Å²) in [4.78, 5) is 25.8. The largest absolute Gasteiger partial charge is 0.481 e. The smallest absolute Gasteiger partial charge is 0.309 e. The van der Waals surface area contributed by atoms with Crippen LogP contribution in [0.1, 0.15) is 79.0 Å². The molecule has 0 spiro atoms. The topological polar surface area (TPSA) is 59.3 Å². The molecule has 0 aliphatic heterocycles. The number of carboxylic acids is 1. The Morgan fingerprint density at radius 3 is 2.33 bits per heavy atom. The molecule has 0 atom stereocenters. The number of fused-ring (bicyclic) bond motifs is 1. The van der Waals surface area contributed by atoms with Gasteiger partial charge in [-0.05, 0) is 80.8 Å². The summed E-state index contributed by atoms with van der Waals surface area (Å²) in [7, 11) is 0. The number of ketones is 1. The van der Waals surface area contributed by atoms with Crippen molar-refractivity contribution in [3.63, 3.8) is 0 Å². The zero-order valence-electron chi connectivity index (χ0n) is 19.2. The third-order valence-electron chi connectivity index (χ3n) is 7.41. The summed E-state index contributed by atoms with van der Waals surface area (Å²) >= 11 is 6.10. The summed E-state index contributed by atoms with van der Waals surface area (Å²) in [6, 6.07) is 14.2. The summed E-state index contributed by atoms with van der Waals surface area (Å²) < 4.78 is 2.17. The number of benzene rings is 2. The van der Waals surface area contributed by atoms with Crippen LogP contribution in [0.25, 0.3) is 10.9 Å². The number of rotatable bonds is 8. The maximum Gasteiger partial charge on any atom is 0.309 e. The highest BCUT2D eigenvalue weighted by Crippen LogP contribution is 2.43. The molecule has 2 aromatic carbocycles. The van der Waals surface area contributed by atoms with Crippen molar-refractivity contribution in [1.82, 2.24) is 4.57 Å². The summed E-state index contributed by atoms with van der Waals surface area (Å²) in [5.41, 5.74) is 3.98. The lowest BCUT2D eigenvalue weighted by atomic mass is 9.78. The molecular weight excluding hydrogens is 434 g/mol. The number of hydrogen-bond acceptors (Lipinski definition) is 2. The minimum atomic E-state index is -0.986. The number of carbonyl (C=O) groups is 2. The molecular formula is C28H30ClNO3. The van der Waals surface area contributed by atoms with Gasteiger partial charge >= 0.3 is 5.97 Å². The Morgan fingerprint density at radius 2 is 1.76 bits per heavy atom. The lowest BCUT2D eigenvalue weighted by molar-refractivity contribution is -0.146. The highest BCUT2D eigenvalue weighted by molar-refractivity contribution is 6.30. The van der Waals surface area contributed by atoms with Gasteiger partial charge in [-0.15, -0.1) is 0 Å². The van der Waals surface area contributed by atoms with Gasteiger partial charge in [-0.25, -0.2) is 0 Å². The fourth-order valence-corrected chi connectivity index (χ4v) is 5.00. The number of carbonyl (C=O) groups excluding carboxylic acids is 1. The summed E-state index contributed by atoms with van der Waals surface area (Å²) in [6.45, 7) is 4.05. The third-order valence-corrected chi connectivity index (χ3v) is 7.66. The molecule has 2 aliphatic carbocycles. The molecule has 0 saturated heterocycles. The van der Waals surface area contributed by atoms with E-state index in [0.29, 0.717) is 23.9 Å². The molecule has 0 amide bonds. The quantitative estimate of drug-likeness (QED) is 0.371. The van der Waals surface area contributed by atoms with Crippen LogP contribution in [0, 0.1) is 11.3 Å². The van der Waals surface area contributed by atoms with Crippen molar-refractivity contribution < 1.29 is 14.7 Å². The van der Waals surface area contributed by atoms with Gasteiger partial charge in [0.25, 0.3) is 0 Å². The van der Waals surface area contributed by atoms with Gasteiger partial charge in [-0.1, -0.05) is 36.2 Å². The Kier molecular flexibility index (Phi) is 5.60. The van der Waals surface area contributed by atoms with E-state index >= 15 is 0 Å². The lowest BCUT2D eigenvalue weighted by Gasteiger charge is -2.26. The van der Waals surface area contributed by atoms with E-state index in [1.807, 2.05) is 24.3 Å². The van der Waals surface area contributed by atoms with E-state index in [9.17, 15) is 14.7 Å². The molecule has 3 aromatic rings. The summed E-state index contributed by atoms with van der Waals surface area (Å²) in [5.74, 6) is -0.0350. The van der Waals surface area contributed by atoms with E-state index < -0.39 is 11.4 Å². The minimum absolute atomic E-state index is 0.0517. The molecule has 5 rings (SSSR count). The predicted octanol–water partition coefficient (Wildman–Crippen LogP) is 6.86. The van der Waals surface area contributed by atoms with E-state index in [1.54, 1.807) is 13.8 Å². The first kappa shape index (κ1) is 22.2. The number of hydrogen-bond donors (Lipinski definition) is 1. The van der Waals surface area contributed by atoms with Crippen LogP contribution in [0.2, 0.25) is 5.02 Å². The molecule has 5 heteroatoms. The molecule has 4 nitrogen and oxygen atoms in total. The second kappa shape index (κ2) is 8.32. The van der Waals surface area contributed by atoms with Crippen LogP contribution in [0.5, 0.6) is 0 Å². The molecule has 2 saturated carbocycles. The lowest BCUT2D eigenvalue weighted by Crippen LogP contribution is -2.29. The fraction of sp³-hybridized carbons (Fsp3) is 0.429. The number of halogens is 1. The van der Waals surface area contributed by atoms with Crippen molar-refractivity contribution in [2.24, 2.45) is 11.3 Å². The standard InChI is InChI=1S/C28H30ClNO3/c1-28(2,27(32)33)15-24-25(26(31)19-4-3-5-19)22-14-20(18-8-9-18)10-13-23(22)30(24)16-17-6-11-21(29)12-7-17/h6-7,10-14,18-19H,3-5,8-9,15-16H2,1-2H3,(H,32,33). The molecule has 2 aliphatic rings. The Morgan fingerprint density at radius 1 is 1.06 bits per heavy atom. The molecule has 0 bridgehead atoms. The molecule has 1 heterocycles. The zero-order valence-corrected chi connectivity index (χ0v) is 20.0. The van der Waals surface area contributed by atoms with Gasteiger partial charge in [0.2, 0.25) is 0 Å². The Balaban J connectivity index is 1.72. The van der Waals surface area contributed by atoms with Crippen LogP contribution in [0.15, 0.2) is 42.5 Å². The number of carboxylic acid groups (broad SMARTS) is 1. The molecule has 2 fully saturated rings. The first-order chi connectivity index (χ1) is 15.7. The van der Waals surface area contributed by atoms with Gasteiger partial charge in [-0.2, -0.15) is 0 Å². The second-order valence-electron chi connectivity index (χ2n) is 10.4. The van der Waals surface area contributed by atoms with Crippen LogP contribution in [0.3, 0.4) is 0 Å². The van der Waals surface area contributed by atoms with Gasteiger partial charge in [0.05, 0.1) is 5.41 Å². The molecule has 1 aromatic heterocycles. The van der Waals surface area contributed by atoms with Crippen molar-refractivity contribution in [3.05, 3.63) is 69.9 Å². The SMILES string of the molecule is CC(C)(Cc1c(C(=O)C2CCC2)c2cc(C3CC3)ccc2n1Cc1ccc(Cl)cc1)C(=O)O. The first-order valence-electron chi connectivity index (χ1n) is 11.9. The van der Waals surface area contributed by atoms with E-state index in [2.05, 4.69) is 22.8 Å². The van der Waals surface area contributed by atoms with Crippen molar-refractivity contribution >= 4 is 34.3 Å². The van der Waals surface area contributed by atoms with Crippen LogP contribution >= 0.6 is 11.6 Å². The maximum atomic E-state index is 13.7. The van der Waals surface area contributed by atoms with Gasteiger partial charge in [0.1, 0.15) is 0 Å². The molecule has 33 heavy (non-hydrogen) atoms. The average Bonchev–Trinajstić information content (AvgIpc) is 3.53. The fourth-order valence-electron chi connectivity index (χ4n) is 4.88. The molecule has 0 radical (unpaired) electrons. The summed E-state index contributed by atoms with van der Waals surface area (Å²) in [5, 5.41) is 11.6. The number of Topliss-reactive ketones (excluding diaryl/α,β-unsaturated/α-hetero) is 1. The minimum Gasteiger partial charge on any atom is -0.481 e. The van der Waals surface area contributed by atoms with Gasteiger partial charge in [0, 0.05) is 46.1 Å². The van der Waals surface area contributed by atoms with Crippen LogP contribution < -0.4 is 0 Å². The Labute approximate surface area is 199 Å².